The minimum atomic E-state index is -0.105. The number of benzene rings is 1. The zero-order valence-electron chi connectivity index (χ0n) is 17.5. The van der Waals surface area contributed by atoms with Gasteiger partial charge in [-0.05, 0) is 31.2 Å². The second kappa shape index (κ2) is 9.41. The van der Waals surface area contributed by atoms with Crippen molar-refractivity contribution in [3.8, 4) is 0 Å². The van der Waals surface area contributed by atoms with Crippen LogP contribution in [0.3, 0.4) is 0 Å². The van der Waals surface area contributed by atoms with Crippen molar-refractivity contribution in [2.45, 2.75) is 46.2 Å². The molecular weight excluding hydrogens is 352 g/mol. The molecule has 0 saturated carbocycles. The van der Waals surface area contributed by atoms with Gasteiger partial charge in [0.15, 0.2) is 0 Å². The van der Waals surface area contributed by atoms with Gasteiger partial charge in [-0.15, -0.1) is 0 Å². The van der Waals surface area contributed by atoms with Gasteiger partial charge in [0.1, 0.15) is 0 Å². The lowest BCUT2D eigenvalue weighted by atomic mass is 10.1. The van der Waals surface area contributed by atoms with Crippen LogP contribution in [0.1, 0.15) is 37.8 Å². The predicted octanol–water partition coefficient (Wildman–Crippen LogP) is 2.47. The van der Waals surface area contributed by atoms with Gasteiger partial charge in [-0.25, -0.2) is 4.79 Å². The van der Waals surface area contributed by atoms with E-state index >= 15 is 0 Å². The number of hydrogen-bond acceptors (Lipinski definition) is 3. The largest absolute Gasteiger partial charge is 0.338 e. The van der Waals surface area contributed by atoms with Crippen LogP contribution in [0.5, 0.6) is 0 Å². The Bertz CT molecular complexity index is 691. The lowest BCUT2D eigenvalue weighted by Gasteiger charge is -2.39. The molecule has 154 valence electrons. The molecule has 0 bridgehead atoms. The quantitative estimate of drug-likeness (QED) is 0.846. The fourth-order valence-electron chi connectivity index (χ4n) is 4.07. The van der Waals surface area contributed by atoms with E-state index < -0.39 is 0 Å². The number of hydrogen-bond donors (Lipinski definition) is 1. The van der Waals surface area contributed by atoms with Gasteiger partial charge in [0.2, 0.25) is 5.91 Å². The van der Waals surface area contributed by atoms with E-state index in [1.165, 1.54) is 11.1 Å². The van der Waals surface area contributed by atoms with Crippen LogP contribution in [0.4, 0.5) is 4.79 Å². The van der Waals surface area contributed by atoms with Crippen LogP contribution < -0.4 is 5.32 Å². The summed E-state index contributed by atoms with van der Waals surface area (Å²) in [6, 6.07) is 8.26. The van der Waals surface area contributed by atoms with Crippen molar-refractivity contribution in [2.24, 2.45) is 5.92 Å². The van der Waals surface area contributed by atoms with Gasteiger partial charge in [0.05, 0.1) is 6.04 Å². The van der Waals surface area contributed by atoms with E-state index in [2.05, 4.69) is 49.2 Å². The summed E-state index contributed by atoms with van der Waals surface area (Å²) in [5, 5.41) is 3.02. The van der Waals surface area contributed by atoms with Gasteiger partial charge < -0.3 is 15.1 Å². The summed E-state index contributed by atoms with van der Waals surface area (Å²) in [5.41, 5.74) is 2.40. The second-order valence-electron chi connectivity index (χ2n) is 8.49. The molecule has 28 heavy (non-hydrogen) atoms. The molecule has 2 aliphatic rings. The highest BCUT2D eigenvalue weighted by Crippen LogP contribution is 2.20. The maximum atomic E-state index is 13.1. The Morgan fingerprint density at radius 1 is 1.18 bits per heavy atom. The van der Waals surface area contributed by atoms with Gasteiger partial charge in [0, 0.05) is 45.8 Å². The Labute approximate surface area is 168 Å². The number of carbonyl (C=O) groups is 2. The number of piperazine rings is 1. The summed E-state index contributed by atoms with van der Waals surface area (Å²) in [6.45, 7) is 11.5. The Hall–Kier alpha value is -2.08. The number of carbonyl (C=O) groups excluding carboxylic acids is 2. The van der Waals surface area contributed by atoms with Crippen molar-refractivity contribution in [3.05, 3.63) is 35.4 Å². The summed E-state index contributed by atoms with van der Waals surface area (Å²) in [7, 11) is 0. The van der Waals surface area contributed by atoms with Crippen LogP contribution >= 0.6 is 0 Å². The molecule has 1 aromatic rings. The highest BCUT2D eigenvalue weighted by Gasteiger charge is 2.37. The summed E-state index contributed by atoms with van der Waals surface area (Å²) in [5.74, 6) is 0.783. The molecule has 0 radical (unpaired) electrons. The van der Waals surface area contributed by atoms with E-state index in [1.807, 2.05) is 15.9 Å². The molecular formula is C22H34N4O2. The summed E-state index contributed by atoms with van der Waals surface area (Å²) in [4.78, 5) is 31.7. The number of nitrogens with zero attached hydrogens (tertiary/aromatic N) is 3. The van der Waals surface area contributed by atoms with Gasteiger partial charge in [-0.2, -0.15) is 0 Å². The molecule has 6 nitrogen and oxygen atoms in total. The van der Waals surface area contributed by atoms with Crippen LogP contribution in [0, 0.1) is 12.8 Å². The van der Waals surface area contributed by atoms with E-state index in [9.17, 15) is 9.59 Å². The molecule has 1 aromatic carbocycles. The van der Waals surface area contributed by atoms with Crippen LogP contribution in [-0.2, 0) is 11.3 Å². The molecule has 0 spiro atoms. The normalized spacial score (nSPS) is 20.9. The summed E-state index contributed by atoms with van der Waals surface area (Å²) < 4.78 is 0. The fourth-order valence-corrected chi connectivity index (χ4v) is 4.07. The van der Waals surface area contributed by atoms with Gasteiger partial charge in [-0.3, -0.25) is 9.69 Å². The zero-order valence-corrected chi connectivity index (χ0v) is 17.5. The maximum absolute atomic E-state index is 13.1. The van der Waals surface area contributed by atoms with Crippen molar-refractivity contribution in [3.63, 3.8) is 0 Å². The topological polar surface area (TPSA) is 55.9 Å². The first-order chi connectivity index (χ1) is 13.4. The number of amides is 3. The van der Waals surface area contributed by atoms with Gasteiger partial charge in [0.25, 0.3) is 0 Å². The highest BCUT2D eigenvalue weighted by molar-refractivity contribution is 5.83. The third kappa shape index (κ3) is 5.25. The second-order valence-corrected chi connectivity index (χ2v) is 8.49. The van der Waals surface area contributed by atoms with Crippen molar-refractivity contribution in [1.29, 1.82) is 0 Å². The van der Waals surface area contributed by atoms with E-state index in [0.29, 0.717) is 38.5 Å². The molecule has 2 heterocycles. The molecule has 1 unspecified atom stereocenters. The Morgan fingerprint density at radius 3 is 2.71 bits per heavy atom. The minimum absolute atomic E-state index is 0.00422. The molecule has 1 atom stereocenters. The van der Waals surface area contributed by atoms with Crippen LogP contribution in [0.25, 0.3) is 0 Å². The molecule has 2 saturated heterocycles. The lowest BCUT2D eigenvalue weighted by Crippen LogP contribution is -2.56. The van der Waals surface area contributed by atoms with Gasteiger partial charge >= 0.3 is 6.03 Å². The first-order valence-electron chi connectivity index (χ1n) is 10.5. The molecule has 6 heteroatoms. The first-order valence-corrected chi connectivity index (χ1v) is 10.5. The summed E-state index contributed by atoms with van der Waals surface area (Å²) >= 11 is 0. The number of aryl methyl sites for hydroxylation is 1. The molecule has 0 aliphatic carbocycles. The zero-order chi connectivity index (χ0) is 20.1. The molecule has 3 rings (SSSR count). The van der Waals surface area contributed by atoms with E-state index in [4.69, 9.17) is 0 Å². The third-order valence-corrected chi connectivity index (χ3v) is 5.77. The average Bonchev–Trinajstić information content (AvgIpc) is 2.87. The molecule has 2 aliphatic heterocycles. The number of urea groups is 1. The van der Waals surface area contributed by atoms with Crippen molar-refractivity contribution in [2.75, 3.05) is 39.3 Å². The molecule has 1 N–H and O–H groups in total. The smallest absolute Gasteiger partial charge is 0.317 e. The number of rotatable bonds is 5. The Balaban J connectivity index is 1.56. The third-order valence-electron chi connectivity index (χ3n) is 5.77. The van der Waals surface area contributed by atoms with Crippen molar-refractivity contribution in [1.82, 2.24) is 20.0 Å². The standard InChI is InChI=1S/C22H34N4O2/c1-17(2)7-9-23-22(28)25-10-8-20-21(27)26(14-12-24(20)11-13-25)16-19-6-4-5-18(3)15-19/h4-6,15,17,20H,7-14,16H2,1-3H3,(H,23,28). The molecule has 0 aromatic heterocycles. The van der Waals surface area contributed by atoms with E-state index in [0.717, 1.165) is 26.1 Å². The van der Waals surface area contributed by atoms with E-state index in [1.54, 1.807) is 0 Å². The van der Waals surface area contributed by atoms with Crippen molar-refractivity contribution >= 4 is 11.9 Å². The highest BCUT2D eigenvalue weighted by atomic mass is 16.2. The SMILES string of the molecule is Cc1cccc(CN2CCN3CCN(C(=O)NCCC(C)C)CCC3C2=O)c1. The maximum Gasteiger partial charge on any atom is 0.317 e. The lowest BCUT2D eigenvalue weighted by molar-refractivity contribution is -0.142. The predicted molar refractivity (Wildman–Crippen MR) is 111 cm³/mol. The van der Waals surface area contributed by atoms with Crippen LogP contribution in [0.2, 0.25) is 0 Å². The molecule has 2 fully saturated rings. The Morgan fingerprint density at radius 2 is 1.96 bits per heavy atom. The van der Waals surface area contributed by atoms with E-state index in [-0.39, 0.29) is 18.0 Å². The number of fused-ring (bicyclic) bond motifs is 1. The van der Waals surface area contributed by atoms with Gasteiger partial charge in [-0.1, -0.05) is 43.7 Å². The van der Waals surface area contributed by atoms with Crippen LogP contribution in [-0.4, -0.2) is 71.9 Å². The summed E-state index contributed by atoms with van der Waals surface area (Å²) in [6.07, 6.45) is 1.70. The number of nitrogens with one attached hydrogen (secondary N) is 1. The van der Waals surface area contributed by atoms with Crippen LogP contribution in [0.15, 0.2) is 24.3 Å². The fraction of sp³-hybridized carbons (Fsp3) is 0.636. The average molecular weight is 387 g/mol. The Kier molecular flexibility index (Phi) is 6.94. The minimum Gasteiger partial charge on any atom is -0.338 e. The molecule has 3 amide bonds. The van der Waals surface area contributed by atoms with Crippen molar-refractivity contribution < 1.29 is 9.59 Å². The first kappa shape index (κ1) is 20.6. The monoisotopic (exact) mass is 386 g/mol.